The number of nitrogens with zero attached hydrogens (tertiary/aromatic N) is 1. The predicted octanol–water partition coefficient (Wildman–Crippen LogP) is 4.68. The summed E-state index contributed by atoms with van der Waals surface area (Å²) in [5.74, 6) is 0.760. The molecule has 0 spiro atoms. The van der Waals surface area contributed by atoms with E-state index < -0.39 is 0 Å². The van der Waals surface area contributed by atoms with Crippen molar-refractivity contribution in [2.45, 2.75) is 57.8 Å². The Morgan fingerprint density at radius 2 is 1.89 bits per heavy atom. The van der Waals surface area contributed by atoms with E-state index in [-0.39, 0.29) is 23.1 Å². The normalized spacial score (nSPS) is 16.1. The number of carbonyl (C=O) groups is 2. The van der Waals surface area contributed by atoms with Crippen molar-refractivity contribution in [2.75, 3.05) is 19.8 Å². The van der Waals surface area contributed by atoms with Crippen molar-refractivity contribution >= 4 is 22.6 Å². The summed E-state index contributed by atoms with van der Waals surface area (Å²) in [4.78, 5) is 32.3. The molecule has 2 amide bonds. The summed E-state index contributed by atoms with van der Waals surface area (Å²) < 4.78 is 5.45. The van der Waals surface area contributed by atoms with Crippen LogP contribution in [0, 0.1) is 5.41 Å². The Labute approximate surface area is 206 Å². The first kappa shape index (κ1) is 24.9. The number of carbonyl (C=O) groups excluding carboxylic acids is 2. The molecular formula is C28H36N4O3. The number of unbranched alkanes of at least 4 members (excludes halogenated alkanes) is 2. The van der Waals surface area contributed by atoms with Gasteiger partial charge in [-0.05, 0) is 42.5 Å². The van der Waals surface area contributed by atoms with E-state index in [4.69, 9.17) is 15.5 Å². The van der Waals surface area contributed by atoms with Crippen LogP contribution in [0.25, 0.3) is 22.0 Å². The van der Waals surface area contributed by atoms with Crippen LogP contribution < -0.4 is 11.1 Å². The van der Waals surface area contributed by atoms with E-state index in [1.54, 1.807) is 0 Å². The average molecular weight is 477 g/mol. The molecule has 1 aromatic heterocycles. The Hall–Kier alpha value is -3.19. The van der Waals surface area contributed by atoms with Gasteiger partial charge in [0, 0.05) is 37.7 Å². The molecule has 2 heterocycles. The van der Waals surface area contributed by atoms with Crippen LogP contribution in [0.1, 0.15) is 63.6 Å². The van der Waals surface area contributed by atoms with Crippen LogP contribution in [0.5, 0.6) is 0 Å². The fourth-order valence-corrected chi connectivity index (χ4v) is 4.73. The van der Waals surface area contributed by atoms with E-state index in [2.05, 4.69) is 40.6 Å². The molecule has 0 radical (unpaired) electrons. The number of benzene rings is 2. The molecule has 4 rings (SSSR count). The number of aromatic amines is 1. The van der Waals surface area contributed by atoms with Crippen molar-refractivity contribution in [3.05, 3.63) is 54.5 Å². The monoisotopic (exact) mass is 476 g/mol. The van der Waals surface area contributed by atoms with E-state index in [0.29, 0.717) is 26.2 Å². The highest BCUT2D eigenvalue weighted by molar-refractivity contribution is 5.86. The number of H-pyrrole nitrogens is 1. The highest BCUT2D eigenvalue weighted by Crippen LogP contribution is 2.31. The van der Waals surface area contributed by atoms with E-state index in [9.17, 15) is 9.59 Å². The highest BCUT2D eigenvalue weighted by Gasteiger charge is 2.35. The number of primary amides is 1. The minimum Gasteiger partial charge on any atom is -0.381 e. The lowest BCUT2D eigenvalue weighted by Crippen LogP contribution is -2.44. The zero-order valence-electron chi connectivity index (χ0n) is 20.5. The molecule has 0 saturated carbocycles. The summed E-state index contributed by atoms with van der Waals surface area (Å²) in [6, 6.07) is 14.7. The maximum absolute atomic E-state index is 13.0. The number of aromatic nitrogens is 2. The summed E-state index contributed by atoms with van der Waals surface area (Å²) in [5, 5.41) is 5.58. The first-order chi connectivity index (χ1) is 16.9. The Kier molecular flexibility index (Phi) is 8.18. The van der Waals surface area contributed by atoms with Crippen molar-refractivity contribution in [1.82, 2.24) is 15.3 Å². The molecule has 1 unspecified atom stereocenters. The zero-order valence-corrected chi connectivity index (χ0v) is 20.5. The van der Waals surface area contributed by atoms with Crippen LogP contribution in [0.2, 0.25) is 0 Å². The summed E-state index contributed by atoms with van der Waals surface area (Å²) in [7, 11) is 0. The summed E-state index contributed by atoms with van der Waals surface area (Å²) in [5.41, 5.74) is 6.94. The second kappa shape index (κ2) is 11.5. The number of amides is 2. The topological polar surface area (TPSA) is 110 Å². The zero-order chi connectivity index (χ0) is 24.7. The Morgan fingerprint density at radius 1 is 1.11 bits per heavy atom. The average Bonchev–Trinajstić information content (AvgIpc) is 3.35. The van der Waals surface area contributed by atoms with Crippen LogP contribution >= 0.6 is 0 Å². The second-order valence-corrected chi connectivity index (χ2v) is 9.89. The first-order valence-corrected chi connectivity index (χ1v) is 12.6. The molecule has 1 atom stereocenters. The van der Waals surface area contributed by atoms with Crippen molar-refractivity contribution in [3.63, 3.8) is 0 Å². The Bertz CT molecular complexity index is 1150. The van der Waals surface area contributed by atoms with Crippen LogP contribution in [0.4, 0.5) is 0 Å². The minimum atomic E-state index is -0.385. The molecule has 186 valence electrons. The molecule has 1 fully saturated rings. The van der Waals surface area contributed by atoms with Crippen molar-refractivity contribution in [1.29, 1.82) is 0 Å². The second-order valence-electron chi connectivity index (χ2n) is 9.89. The number of hydrogen-bond donors (Lipinski definition) is 3. The highest BCUT2D eigenvalue weighted by atomic mass is 16.5. The Balaban J connectivity index is 1.46. The molecule has 1 aliphatic rings. The minimum absolute atomic E-state index is 0.0603. The van der Waals surface area contributed by atoms with Gasteiger partial charge in [-0.1, -0.05) is 56.2 Å². The molecule has 2 aromatic carbocycles. The predicted molar refractivity (Wildman–Crippen MR) is 138 cm³/mol. The molecule has 0 bridgehead atoms. The lowest BCUT2D eigenvalue weighted by atomic mass is 9.81. The van der Waals surface area contributed by atoms with Gasteiger partial charge in [0.05, 0.1) is 17.3 Å². The number of imidazole rings is 1. The summed E-state index contributed by atoms with van der Waals surface area (Å²) >= 11 is 0. The molecule has 1 aliphatic heterocycles. The van der Waals surface area contributed by atoms with Gasteiger partial charge in [-0.25, -0.2) is 4.98 Å². The first-order valence-electron chi connectivity index (χ1n) is 12.6. The molecule has 3 aromatic rings. The van der Waals surface area contributed by atoms with Gasteiger partial charge in [0.15, 0.2) is 0 Å². The number of ether oxygens (including phenoxy) is 1. The number of hydrogen-bond acceptors (Lipinski definition) is 4. The molecule has 1 saturated heterocycles. The quantitative estimate of drug-likeness (QED) is 0.349. The smallest absolute Gasteiger partial charge is 0.226 e. The lowest BCUT2D eigenvalue weighted by molar-refractivity contribution is -0.135. The van der Waals surface area contributed by atoms with Gasteiger partial charge in [-0.3, -0.25) is 9.59 Å². The largest absolute Gasteiger partial charge is 0.381 e. The molecule has 7 heteroatoms. The fraction of sp³-hybridized carbons (Fsp3) is 0.464. The van der Waals surface area contributed by atoms with Crippen LogP contribution in [0.15, 0.2) is 48.7 Å². The fourth-order valence-electron chi connectivity index (χ4n) is 4.73. The van der Waals surface area contributed by atoms with Gasteiger partial charge in [0.2, 0.25) is 11.8 Å². The van der Waals surface area contributed by atoms with Gasteiger partial charge in [0.1, 0.15) is 5.82 Å². The summed E-state index contributed by atoms with van der Waals surface area (Å²) in [6.45, 7) is 3.80. The SMILES string of the molecule is CC1(C(=O)NCC(CCCCCC(N)=O)c2ncc(-c3ccc4ccccc4c3)[nH]2)CCOCC1. The van der Waals surface area contributed by atoms with Gasteiger partial charge in [-0.15, -0.1) is 0 Å². The van der Waals surface area contributed by atoms with Crippen molar-refractivity contribution < 1.29 is 14.3 Å². The van der Waals surface area contributed by atoms with E-state index >= 15 is 0 Å². The maximum atomic E-state index is 13.0. The van der Waals surface area contributed by atoms with Gasteiger partial charge in [-0.2, -0.15) is 0 Å². The third kappa shape index (κ3) is 6.48. The summed E-state index contributed by atoms with van der Waals surface area (Å²) in [6.07, 6.45) is 7.27. The van der Waals surface area contributed by atoms with Crippen LogP contribution in [-0.2, 0) is 14.3 Å². The van der Waals surface area contributed by atoms with Crippen LogP contribution in [0.3, 0.4) is 0 Å². The van der Waals surface area contributed by atoms with Gasteiger partial charge >= 0.3 is 0 Å². The number of nitrogens with two attached hydrogens (primary N) is 1. The molecule has 0 aliphatic carbocycles. The molecular weight excluding hydrogens is 440 g/mol. The molecule has 4 N–H and O–H groups in total. The van der Waals surface area contributed by atoms with Crippen LogP contribution in [-0.4, -0.2) is 41.5 Å². The van der Waals surface area contributed by atoms with E-state index in [1.807, 2.05) is 25.3 Å². The number of fused-ring (bicyclic) bond motifs is 1. The Morgan fingerprint density at radius 3 is 2.66 bits per heavy atom. The molecule has 7 nitrogen and oxygen atoms in total. The van der Waals surface area contributed by atoms with Gasteiger partial charge in [0.25, 0.3) is 0 Å². The maximum Gasteiger partial charge on any atom is 0.226 e. The van der Waals surface area contributed by atoms with Crippen molar-refractivity contribution in [2.24, 2.45) is 11.1 Å². The third-order valence-corrected chi connectivity index (χ3v) is 7.17. The standard InChI is InChI=1S/C28H36N4O3/c1-28(13-15-35-16-14-28)27(34)31-18-23(9-3-2-4-10-25(29)33)26-30-19-24(32-26)22-12-11-20-7-5-6-8-21(20)17-22/h5-8,11-12,17,19,23H,2-4,9-10,13-16,18H2,1H3,(H2,29,33)(H,30,32)(H,31,34). The van der Waals surface area contributed by atoms with Crippen molar-refractivity contribution in [3.8, 4) is 11.3 Å². The van der Waals surface area contributed by atoms with Gasteiger partial charge < -0.3 is 20.8 Å². The molecule has 35 heavy (non-hydrogen) atoms. The number of nitrogens with one attached hydrogen (secondary N) is 2. The lowest BCUT2D eigenvalue weighted by Gasteiger charge is -2.32. The van der Waals surface area contributed by atoms with E-state index in [1.165, 1.54) is 10.8 Å². The van der Waals surface area contributed by atoms with E-state index in [0.717, 1.165) is 55.6 Å². The third-order valence-electron chi connectivity index (χ3n) is 7.17. The number of rotatable bonds is 11.